The zero-order valence-corrected chi connectivity index (χ0v) is 17.0. The van der Waals surface area contributed by atoms with Gasteiger partial charge in [-0.1, -0.05) is 12.1 Å². The van der Waals surface area contributed by atoms with Crippen LogP contribution in [0.2, 0.25) is 0 Å². The highest BCUT2D eigenvalue weighted by Gasteiger charge is 2.27. The van der Waals surface area contributed by atoms with E-state index in [9.17, 15) is 9.59 Å². The minimum absolute atomic E-state index is 0.0580. The molecule has 0 N–H and O–H groups in total. The number of para-hydroxylation sites is 1. The van der Waals surface area contributed by atoms with Gasteiger partial charge in [-0.25, -0.2) is 4.98 Å². The summed E-state index contributed by atoms with van der Waals surface area (Å²) in [6.07, 6.45) is 2.72. The Balaban J connectivity index is 1.40. The van der Waals surface area contributed by atoms with Crippen molar-refractivity contribution >= 4 is 33.7 Å². The smallest absolute Gasteiger partial charge is 0.260 e. The second-order valence-electron chi connectivity index (χ2n) is 7.02. The summed E-state index contributed by atoms with van der Waals surface area (Å²) in [4.78, 5) is 30.3. The first-order valence-corrected chi connectivity index (χ1v) is 10.4. The molecule has 1 aromatic heterocycles. The summed E-state index contributed by atoms with van der Waals surface area (Å²) < 4.78 is 12.1. The van der Waals surface area contributed by atoms with E-state index in [1.807, 2.05) is 23.1 Å². The highest BCUT2D eigenvalue weighted by molar-refractivity contribution is 7.18. The molecule has 1 saturated heterocycles. The number of aromatic nitrogens is 1. The van der Waals surface area contributed by atoms with Gasteiger partial charge in [0.05, 0.1) is 22.3 Å². The predicted molar refractivity (Wildman–Crippen MR) is 112 cm³/mol. The van der Waals surface area contributed by atoms with Crippen LogP contribution in [0.3, 0.4) is 0 Å². The van der Waals surface area contributed by atoms with E-state index in [2.05, 4.69) is 6.07 Å². The highest BCUT2D eigenvalue weighted by Crippen LogP contribution is 2.33. The maximum Gasteiger partial charge on any atom is 0.260 e. The highest BCUT2D eigenvalue weighted by atomic mass is 32.1. The molecule has 150 valence electrons. The van der Waals surface area contributed by atoms with Crippen LogP contribution < -0.4 is 9.47 Å². The van der Waals surface area contributed by atoms with Gasteiger partial charge in [0, 0.05) is 24.6 Å². The first kappa shape index (κ1) is 19.4. The predicted octanol–water partition coefficient (Wildman–Crippen LogP) is 3.90. The van der Waals surface area contributed by atoms with E-state index in [1.165, 1.54) is 11.8 Å². The quantitative estimate of drug-likeness (QED) is 0.577. The van der Waals surface area contributed by atoms with Gasteiger partial charge in [0.1, 0.15) is 6.29 Å². The molecule has 0 radical (unpaired) electrons. The van der Waals surface area contributed by atoms with Gasteiger partial charge in [0.15, 0.2) is 18.1 Å². The van der Waals surface area contributed by atoms with E-state index in [-0.39, 0.29) is 18.4 Å². The van der Waals surface area contributed by atoms with Gasteiger partial charge in [-0.3, -0.25) is 9.59 Å². The number of aldehydes is 1. The Hall–Kier alpha value is -2.93. The number of ether oxygens (including phenoxy) is 2. The summed E-state index contributed by atoms with van der Waals surface area (Å²) in [7, 11) is 1.51. The molecule has 0 bridgehead atoms. The van der Waals surface area contributed by atoms with Gasteiger partial charge >= 0.3 is 0 Å². The van der Waals surface area contributed by atoms with Crippen molar-refractivity contribution in [1.82, 2.24) is 9.88 Å². The molecule has 2 heterocycles. The molecule has 4 rings (SSSR count). The van der Waals surface area contributed by atoms with Crippen molar-refractivity contribution in [3.63, 3.8) is 0 Å². The zero-order valence-electron chi connectivity index (χ0n) is 16.2. The monoisotopic (exact) mass is 410 g/mol. The summed E-state index contributed by atoms with van der Waals surface area (Å²) in [5.74, 6) is 1.09. The minimum Gasteiger partial charge on any atom is -0.493 e. The van der Waals surface area contributed by atoms with E-state index in [0.717, 1.165) is 36.2 Å². The van der Waals surface area contributed by atoms with E-state index >= 15 is 0 Å². The lowest BCUT2D eigenvalue weighted by molar-refractivity contribution is -0.134. The molecule has 0 unspecified atom stereocenters. The van der Waals surface area contributed by atoms with Gasteiger partial charge in [0.25, 0.3) is 5.91 Å². The number of methoxy groups -OCH3 is 1. The Kier molecular flexibility index (Phi) is 5.76. The average Bonchev–Trinajstić information content (AvgIpc) is 3.22. The van der Waals surface area contributed by atoms with Crippen molar-refractivity contribution in [1.29, 1.82) is 0 Å². The van der Waals surface area contributed by atoms with Gasteiger partial charge in [-0.05, 0) is 43.2 Å². The number of carbonyl (C=O) groups excluding carboxylic acids is 2. The zero-order chi connectivity index (χ0) is 20.2. The Morgan fingerprint density at radius 2 is 2.14 bits per heavy atom. The number of nitrogens with zero attached hydrogens (tertiary/aromatic N) is 2. The Labute approximate surface area is 173 Å². The molecular formula is C22H22N2O4S. The summed E-state index contributed by atoms with van der Waals surface area (Å²) in [6, 6.07) is 13.0. The Morgan fingerprint density at radius 1 is 1.28 bits per heavy atom. The number of hydrogen-bond acceptors (Lipinski definition) is 6. The fourth-order valence-electron chi connectivity index (χ4n) is 3.58. The normalized spacial score (nSPS) is 16.6. The topological polar surface area (TPSA) is 68.7 Å². The molecule has 0 spiro atoms. The fraction of sp³-hybridized carbons (Fsp3) is 0.318. The minimum atomic E-state index is -0.0661. The van der Waals surface area contributed by atoms with Crippen molar-refractivity contribution in [2.75, 3.05) is 26.8 Å². The summed E-state index contributed by atoms with van der Waals surface area (Å²) in [5, 5.41) is 1.09. The Bertz CT molecular complexity index is 1000. The molecule has 1 atom stereocenters. The number of carbonyl (C=O) groups is 2. The van der Waals surface area contributed by atoms with E-state index in [0.29, 0.717) is 23.6 Å². The van der Waals surface area contributed by atoms with E-state index < -0.39 is 0 Å². The summed E-state index contributed by atoms with van der Waals surface area (Å²) in [6.45, 7) is 1.32. The number of benzene rings is 2. The van der Waals surface area contributed by atoms with Gasteiger partial charge in [-0.2, -0.15) is 0 Å². The van der Waals surface area contributed by atoms with Crippen molar-refractivity contribution in [3.05, 3.63) is 53.0 Å². The van der Waals surface area contributed by atoms with Crippen LogP contribution in [0.1, 0.15) is 34.1 Å². The first-order chi connectivity index (χ1) is 14.2. The SMILES string of the molecule is COc1cc(C=O)ccc1OCC(=O)N1CCC[C@@H](c2nc3ccccc3s2)C1. The van der Waals surface area contributed by atoms with Crippen LogP contribution in [0.15, 0.2) is 42.5 Å². The van der Waals surface area contributed by atoms with Crippen molar-refractivity contribution in [2.45, 2.75) is 18.8 Å². The molecule has 29 heavy (non-hydrogen) atoms. The fourth-order valence-corrected chi connectivity index (χ4v) is 4.67. The number of amides is 1. The number of thiazole rings is 1. The molecule has 1 fully saturated rings. The summed E-state index contributed by atoms with van der Waals surface area (Å²) >= 11 is 1.71. The Morgan fingerprint density at radius 3 is 2.93 bits per heavy atom. The standard InChI is InChI=1S/C22H22N2O4S/c1-27-19-11-15(13-25)8-9-18(19)28-14-21(26)24-10-4-5-16(12-24)22-23-17-6-2-3-7-20(17)29-22/h2-3,6-9,11,13,16H,4-5,10,12,14H2,1H3/t16-/m1/s1. The van der Waals surface area contributed by atoms with E-state index in [4.69, 9.17) is 14.5 Å². The van der Waals surface area contributed by atoms with Crippen LogP contribution >= 0.6 is 11.3 Å². The second-order valence-corrected chi connectivity index (χ2v) is 8.08. The average molecular weight is 410 g/mol. The third kappa shape index (κ3) is 4.24. The number of rotatable bonds is 6. The van der Waals surface area contributed by atoms with Crippen LogP contribution in [0.4, 0.5) is 0 Å². The molecule has 6 nitrogen and oxygen atoms in total. The molecule has 0 aliphatic carbocycles. The molecule has 3 aromatic rings. The number of fused-ring (bicyclic) bond motifs is 1. The lowest BCUT2D eigenvalue weighted by Gasteiger charge is -2.31. The largest absolute Gasteiger partial charge is 0.493 e. The van der Waals surface area contributed by atoms with Crippen LogP contribution in [0.5, 0.6) is 11.5 Å². The first-order valence-electron chi connectivity index (χ1n) is 9.57. The third-order valence-corrected chi connectivity index (χ3v) is 6.31. The molecule has 7 heteroatoms. The second kappa shape index (κ2) is 8.61. The van der Waals surface area contributed by atoms with Crippen molar-refractivity contribution in [2.24, 2.45) is 0 Å². The van der Waals surface area contributed by atoms with E-state index in [1.54, 1.807) is 29.5 Å². The van der Waals surface area contributed by atoms with Gasteiger partial charge in [-0.15, -0.1) is 11.3 Å². The molecule has 2 aromatic carbocycles. The molecular weight excluding hydrogens is 388 g/mol. The maximum absolute atomic E-state index is 12.7. The number of likely N-dealkylation sites (tertiary alicyclic amines) is 1. The van der Waals surface area contributed by atoms with Crippen molar-refractivity contribution < 1.29 is 19.1 Å². The number of piperidine rings is 1. The van der Waals surface area contributed by atoms with Gasteiger partial charge in [0.2, 0.25) is 0 Å². The van der Waals surface area contributed by atoms with Crippen LogP contribution in [-0.2, 0) is 4.79 Å². The van der Waals surface area contributed by atoms with Crippen LogP contribution in [0, 0.1) is 0 Å². The maximum atomic E-state index is 12.7. The third-order valence-electron chi connectivity index (χ3n) is 5.11. The molecule has 1 amide bonds. The van der Waals surface area contributed by atoms with Gasteiger partial charge < -0.3 is 14.4 Å². The number of hydrogen-bond donors (Lipinski definition) is 0. The molecule has 1 aliphatic rings. The molecule has 0 saturated carbocycles. The lowest BCUT2D eigenvalue weighted by Crippen LogP contribution is -2.41. The van der Waals surface area contributed by atoms with Crippen LogP contribution in [-0.4, -0.2) is 48.9 Å². The lowest BCUT2D eigenvalue weighted by atomic mass is 9.99. The van der Waals surface area contributed by atoms with Crippen LogP contribution in [0.25, 0.3) is 10.2 Å². The molecule has 1 aliphatic heterocycles. The van der Waals surface area contributed by atoms with Crippen molar-refractivity contribution in [3.8, 4) is 11.5 Å². The summed E-state index contributed by atoms with van der Waals surface area (Å²) in [5.41, 5.74) is 1.51.